The summed E-state index contributed by atoms with van der Waals surface area (Å²) in [5.74, 6) is -0.255. The first-order chi connectivity index (χ1) is 16.2. The van der Waals surface area contributed by atoms with E-state index in [1.165, 1.54) is 11.8 Å². The van der Waals surface area contributed by atoms with Gasteiger partial charge in [0, 0.05) is 17.4 Å². The molecule has 0 fully saturated rings. The first kappa shape index (κ1) is 20.7. The number of benzene rings is 3. The maximum atomic E-state index is 13.4. The number of carbonyl (C=O) groups excluding carboxylic acids is 1. The highest BCUT2D eigenvalue weighted by Gasteiger charge is 2.19. The highest BCUT2D eigenvalue weighted by Crippen LogP contribution is 2.25. The van der Waals surface area contributed by atoms with Gasteiger partial charge in [-0.05, 0) is 47.0 Å². The normalized spacial score (nSPS) is 10.8. The van der Waals surface area contributed by atoms with Crippen molar-refractivity contribution in [3.8, 4) is 22.6 Å². The van der Waals surface area contributed by atoms with Crippen LogP contribution in [0.2, 0.25) is 0 Å². The molecule has 0 unspecified atom stereocenters. The Hall–Kier alpha value is -4.24. The monoisotopic (exact) mass is 453 g/mol. The van der Waals surface area contributed by atoms with Gasteiger partial charge in [0.1, 0.15) is 5.69 Å². The average molecular weight is 454 g/mol. The fourth-order valence-electron chi connectivity index (χ4n) is 3.44. The Labute approximate surface area is 194 Å². The summed E-state index contributed by atoms with van der Waals surface area (Å²) >= 11 is 1.44. The lowest BCUT2D eigenvalue weighted by Crippen LogP contribution is -2.12. The molecule has 0 aliphatic heterocycles. The van der Waals surface area contributed by atoms with Crippen molar-refractivity contribution >= 4 is 23.4 Å². The van der Waals surface area contributed by atoms with Gasteiger partial charge in [0.15, 0.2) is 0 Å². The Morgan fingerprint density at radius 3 is 2.39 bits per heavy atom. The topological polar surface area (TPSA) is 90.5 Å². The molecule has 5 rings (SSSR count). The molecule has 0 saturated carbocycles. The number of hydrogen-bond acceptors (Lipinski definition) is 6. The standard InChI is InChI=1S/C24H19N7OS/c1-33-24-26-28-29-31(24)20-14-8-11-18(15-20)25-23(32)21-16-30(19-12-6-3-7-13-19)27-22(21)17-9-4-2-5-10-17/h2-16H,1H3,(H,25,32). The van der Waals surface area contributed by atoms with Crippen molar-refractivity contribution in [2.75, 3.05) is 11.6 Å². The lowest BCUT2D eigenvalue weighted by atomic mass is 10.1. The van der Waals surface area contributed by atoms with E-state index in [-0.39, 0.29) is 5.91 Å². The van der Waals surface area contributed by atoms with Gasteiger partial charge in [-0.15, -0.1) is 5.10 Å². The molecule has 2 aromatic heterocycles. The molecule has 0 radical (unpaired) electrons. The number of rotatable bonds is 6. The molecule has 9 heteroatoms. The zero-order valence-corrected chi connectivity index (χ0v) is 18.5. The maximum absolute atomic E-state index is 13.4. The Balaban J connectivity index is 1.50. The number of carbonyl (C=O) groups is 1. The number of thioether (sulfide) groups is 1. The third-order valence-corrected chi connectivity index (χ3v) is 5.62. The largest absolute Gasteiger partial charge is 0.322 e. The van der Waals surface area contributed by atoms with Crippen LogP contribution in [0, 0.1) is 0 Å². The van der Waals surface area contributed by atoms with Crippen LogP contribution in [0.5, 0.6) is 0 Å². The summed E-state index contributed by atoms with van der Waals surface area (Å²) in [6, 6.07) is 26.8. The molecule has 8 nitrogen and oxygen atoms in total. The predicted octanol–water partition coefficient (Wildman–Crippen LogP) is 4.49. The summed E-state index contributed by atoms with van der Waals surface area (Å²) in [5.41, 5.74) is 4.21. The van der Waals surface area contributed by atoms with Gasteiger partial charge in [-0.2, -0.15) is 9.78 Å². The van der Waals surface area contributed by atoms with Gasteiger partial charge in [0.2, 0.25) is 5.16 Å². The molecular weight excluding hydrogens is 434 g/mol. The van der Waals surface area contributed by atoms with Crippen molar-refractivity contribution in [3.63, 3.8) is 0 Å². The van der Waals surface area contributed by atoms with Gasteiger partial charge in [-0.25, -0.2) is 4.68 Å². The first-order valence-corrected chi connectivity index (χ1v) is 11.4. The van der Waals surface area contributed by atoms with Gasteiger partial charge >= 0.3 is 0 Å². The van der Waals surface area contributed by atoms with Gasteiger partial charge in [-0.1, -0.05) is 66.4 Å². The van der Waals surface area contributed by atoms with E-state index in [0.717, 1.165) is 16.9 Å². The number of nitrogens with zero attached hydrogens (tertiary/aromatic N) is 6. The van der Waals surface area contributed by atoms with E-state index in [1.54, 1.807) is 15.6 Å². The van der Waals surface area contributed by atoms with Crippen LogP contribution in [0.25, 0.3) is 22.6 Å². The minimum absolute atomic E-state index is 0.255. The minimum Gasteiger partial charge on any atom is -0.322 e. The lowest BCUT2D eigenvalue weighted by Gasteiger charge is -2.08. The number of hydrogen-bond donors (Lipinski definition) is 1. The zero-order valence-electron chi connectivity index (χ0n) is 17.7. The van der Waals surface area contributed by atoms with E-state index < -0.39 is 0 Å². The van der Waals surface area contributed by atoms with Crippen LogP contribution in [-0.4, -0.2) is 42.2 Å². The van der Waals surface area contributed by atoms with E-state index >= 15 is 0 Å². The van der Waals surface area contributed by atoms with E-state index in [1.807, 2.05) is 91.2 Å². The second kappa shape index (κ2) is 9.09. The molecule has 0 aliphatic rings. The summed E-state index contributed by atoms with van der Waals surface area (Å²) in [5, 5.41) is 20.1. The summed E-state index contributed by atoms with van der Waals surface area (Å²) in [6.45, 7) is 0. The summed E-state index contributed by atoms with van der Waals surface area (Å²) in [7, 11) is 0. The Bertz CT molecular complexity index is 1400. The smallest absolute Gasteiger partial charge is 0.259 e. The molecule has 1 amide bonds. The third-order valence-electron chi connectivity index (χ3n) is 5.00. The van der Waals surface area contributed by atoms with E-state index in [2.05, 4.69) is 20.8 Å². The van der Waals surface area contributed by atoms with Crippen molar-refractivity contribution in [1.29, 1.82) is 0 Å². The second-order valence-corrected chi connectivity index (χ2v) is 7.89. The van der Waals surface area contributed by atoms with Crippen LogP contribution < -0.4 is 5.32 Å². The van der Waals surface area contributed by atoms with Crippen LogP contribution in [0.4, 0.5) is 5.69 Å². The molecule has 162 valence electrons. The number of anilines is 1. The first-order valence-electron chi connectivity index (χ1n) is 10.2. The van der Waals surface area contributed by atoms with Crippen molar-refractivity contribution in [3.05, 3.63) is 96.7 Å². The fourth-order valence-corrected chi connectivity index (χ4v) is 3.88. The number of nitrogens with one attached hydrogen (secondary N) is 1. The number of amides is 1. The molecule has 5 aromatic rings. The predicted molar refractivity (Wildman–Crippen MR) is 128 cm³/mol. The fraction of sp³-hybridized carbons (Fsp3) is 0.0417. The van der Waals surface area contributed by atoms with Crippen molar-refractivity contribution in [2.24, 2.45) is 0 Å². The van der Waals surface area contributed by atoms with Crippen molar-refractivity contribution < 1.29 is 4.79 Å². The average Bonchev–Trinajstić information content (AvgIpc) is 3.53. The van der Waals surface area contributed by atoms with Crippen LogP contribution >= 0.6 is 11.8 Å². The molecule has 1 N–H and O–H groups in total. The molecule has 3 aromatic carbocycles. The summed E-state index contributed by atoms with van der Waals surface area (Å²) in [4.78, 5) is 13.4. The Morgan fingerprint density at radius 1 is 0.909 bits per heavy atom. The van der Waals surface area contributed by atoms with Crippen LogP contribution in [0.3, 0.4) is 0 Å². The molecule has 33 heavy (non-hydrogen) atoms. The number of aromatic nitrogens is 6. The van der Waals surface area contributed by atoms with Crippen molar-refractivity contribution in [1.82, 2.24) is 30.0 Å². The SMILES string of the molecule is CSc1nnnn1-c1cccc(NC(=O)c2cn(-c3ccccc3)nc2-c2ccccc2)c1. The van der Waals surface area contributed by atoms with Gasteiger partial charge < -0.3 is 5.32 Å². The van der Waals surface area contributed by atoms with Crippen LogP contribution in [-0.2, 0) is 0 Å². The van der Waals surface area contributed by atoms with E-state index in [4.69, 9.17) is 5.10 Å². The third kappa shape index (κ3) is 4.26. The highest BCUT2D eigenvalue weighted by molar-refractivity contribution is 7.98. The highest BCUT2D eigenvalue weighted by atomic mass is 32.2. The number of para-hydroxylation sites is 1. The van der Waals surface area contributed by atoms with Crippen LogP contribution in [0.15, 0.2) is 96.3 Å². The molecule has 0 bridgehead atoms. The van der Waals surface area contributed by atoms with Crippen LogP contribution in [0.1, 0.15) is 10.4 Å². The van der Waals surface area contributed by atoms with E-state index in [0.29, 0.717) is 22.1 Å². The molecule has 0 saturated heterocycles. The Kier molecular flexibility index (Phi) is 5.69. The Morgan fingerprint density at radius 2 is 1.64 bits per heavy atom. The van der Waals surface area contributed by atoms with Gasteiger partial charge in [0.05, 0.1) is 16.9 Å². The van der Waals surface area contributed by atoms with Gasteiger partial charge in [-0.3, -0.25) is 4.79 Å². The molecule has 2 heterocycles. The summed E-state index contributed by atoms with van der Waals surface area (Å²) in [6.07, 6.45) is 3.66. The molecule has 0 spiro atoms. The minimum atomic E-state index is -0.255. The molecular formula is C24H19N7OS. The summed E-state index contributed by atoms with van der Waals surface area (Å²) < 4.78 is 3.35. The molecule has 0 aliphatic carbocycles. The maximum Gasteiger partial charge on any atom is 0.259 e. The van der Waals surface area contributed by atoms with E-state index in [9.17, 15) is 4.79 Å². The van der Waals surface area contributed by atoms with Gasteiger partial charge in [0.25, 0.3) is 5.91 Å². The zero-order chi connectivity index (χ0) is 22.6. The quantitative estimate of drug-likeness (QED) is 0.381. The number of tetrazole rings is 1. The van der Waals surface area contributed by atoms with Crippen molar-refractivity contribution in [2.45, 2.75) is 5.16 Å². The molecule has 0 atom stereocenters. The lowest BCUT2D eigenvalue weighted by molar-refractivity contribution is 0.102. The second-order valence-electron chi connectivity index (χ2n) is 7.12.